The summed E-state index contributed by atoms with van der Waals surface area (Å²) in [5.74, 6) is 0.551. The van der Waals surface area contributed by atoms with Gasteiger partial charge >= 0.3 is 6.09 Å². The Morgan fingerprint density at radius 3 is 2.52 bits per heavy atom. The number of amides is 1. The number of carbonyl (C=O) groups excluding carboxylic acids is 2. The Morgan fingerprint density at radius 2 is 2.00 bits per heavy atom. The van der Waals surface area contributed by atoms with Crippen LogP contribution in [0.4, 0.5) is 4.79 Å². The maximum atomic E-state index is 12.5. The molecule has 1 amide bonds. The minimum absolute atomic E-state index is 0.0778. The molecule has 2 rings (SSSR count). The van der Waals surface area contributed by atoms with Gasteiger partial charge < -0.3 is 9.47 Å². The Kier molecular flexibility index (Phi) is 4.21. The molecular weight excluding hydrogens is 270 g/mol. The van der Waals surface area contributed by atoms with Crippen molar-refractivity contribution in [3.8, 4) is 5.75 Å². The third-order valence-electron chi connectivity index (χ3n) is 3.30. The standard InChI is InChI=1S/C16H21NO4/c1-16(2,3)21-15(19)17-9-8-13(17)14(18)11-6-5-7-12(10-11)20-4/h5-7,10,13H,8-9H2,1-4H3/t13-/m1/s1. The maximum Gasteiger partial charge on any atom is 0.410 e. The predicted octanol–water partition coefficient (Wildman–Crippen LogP) is 2.89. The highest BCUT2D eigenvalue weighted by atomic mass is 16.6. The zero-order valence-electron chi connectivity index (χ0n) is 12.9. The molecule has 0 unspecified atom stereocenters. The van der Waals surface area contributed by atoms with Crippen molar-refractivity contribution in [2.24, 2.45) is 0 Å². The van der Waals surface area contributed by atoms with E-state index in [4.69, 9.17) is 9.47 Å². The Balaban J connectivity index is 2.08. The largest absolute Gasteiger partial charge is 0.497 e. The molecule has 0 aliphatic carbocycles. The summed E-state index contributed by atoms with van der Waals surface area (Å²) < 4.78 is 10.4. The number of hydrogen-bond donors (Lipinski definition) is 0. The molecular formula is C16H21NO4. The number of nitrogens with zero attached hydrogens (tertiary/aromatic N) is 1. The minimum Gasteiger partial charge on any atom is -0.497 e. The summed E-state index contributed by atoms with van der Waals surface area (Å²) >= 11 is 0. The zero-order valence-corrected chi connectivity index (χ0v) is 12.9. The number of ketones is 1. The summed E-state index contributed by atoms with van der Waals surface area (Å²) in [4.78, 5) is 26.0. The highest BCUT2D eigenvalue weighted by Gasteiger charge is 2.40. The Bertz CT molecular complexity index is 547. The summed E-state index contributed by atoms with van der Waals surface area (Å²) in [6.45, 7) is 5.98. The number of methoxy groups -OCH3 is 1. The van der Waals surface area contributed by atoms with Gasteiger partial charge in [-0.2, -0.15) is 0 Å². The molecule has 1 fully saturated rings. The smallest absolute Gasteiger partial charge is 0.410 e. The molecule has 1 aromatic rings. The van der Waals surface area contributed by atoms with Gasteiger partial charge in [0.2, 0.25) is 0 Å². The van der Waals surface area contributed by atoms with Crippen LogP contribution in [0.3, 0.4) is 0 Å². The number of hydrogen-bond acceptors (Lipinski definition) is 4. The molecule has 114 valence electrons. The second-order valence-corrected chi connectivity index (χ2v) is 6.07. The van der Waals surface area contributed by atoms with Crippen LogP contribution in [-0.2, 0) is 4.74 Å². The van der Waals surface area contributed by atoms with Crippen molar-refractivity contribution in [2.45, 2.75) is 38.8 Å². The van der Waals surface area contributed by atoms with Crippen LogP contribution >= 0.6 is 0 Å². The second-order valence-electron chi connectivity index (χ2n) is 6.07. The van der Waals surface area contributed by atoms with Gasteiger partial charge in [-0.25, -0.2) is 4.79 Å². The average Bonchev–Trinajstić information content (AvgIpc) is 2.35. The number of carbonyl (C=O) groups is 2. The van der Waals surface area contributed by atoms with Crippen LogP contribution in [0, 0.1) is 0 Å². The van der Waals surface area contributed by atoms with E-state index in [-0.39, 0.29) is 5.78 Å². The first-order valence-corrected chi connectivity index (χ1v) is 7.00. The maximum absolute atomic E-state index is 12.5. The van der Waals surface area contributed by atoms with Gasteiger partial charge in [0, 0.05) is 12.1 Å². The van der Waals surface area contributed by atoms with Crippen LogP contribution in [0.2, 0.25) is 0 Å². The summed E-state index contributed by atoms with van der Waals surface area (Å²) in [6.07, 6.45) is 0.227. The summed E-state index contributed by atoms with van der Waals surface area (Å²) in [6, 6.07) is 6.53. The quantitative estimate of drug-likeness (QED) is 0.804. The van der Waals surface area contributed by atoms with E-state index in [0.717, 1.165) is 0 Å². The summed E-state index contributed by atoms with van der Waals surface area (Å²) in [7, 11) is 1.56. The Labute approximate surface area is 124 Å². The van der Waals surface area contributed by atoms with Crippen LogP contribution in [0.5, 0.6) is 5.75 Å². The van der Waals surface area contributed by atoms with Gasteiger partial charge in [0.25, 0.3) is 0 Å². The lowest BCUT2D eigenvalue weighted by molar-refractivity contribution is -0.00268. The molecule has 0 N–H and O–H groups in total. The number of ether oxygens (including phenoxy) is 2. The fourth-order valence-electron chi connectivity index (χ4n) is 2.17. The van der Waals surface area contributed by atoms with E-state index in [1.54, 1.807) is 31.4 Å². The third kappa shape index (κ3) is 3.54. The van der Waals surface area contributed by atoms with Crippen molar-refractivity contribution in [1.29, 1.82) is 0 Å². The van der Waals surface area contributed by atoms with Crippen molar-refractivity contribution in [1.82, 2.24) is 4.90 Å². The number of benzene rings is 1. The molecule has 1 heterocycles. The van der Waals surface area contributed by atoms with Crippen LogP contribution in [0.25, 0.3) is 0 Å². The average molecular weight is 291 g/mol. The highest BCUT2D eigenvalue weighted by Crippen LogP contribution is 2.25. The molecule has 5 nitrogen and oxygen atoms in total. The molecule has 0 spiro atoms. The highest BCUT2D eigenvalue weighted by molar-refractivity contribution is 6.02. The van der Waals surface area contributed by atoms with E-state index < -0.39 is 17.7 Å². The fourth-order valence-corrected chi connectivity index (χ4v) is 2.17. The van der Waals surface area contributed by atoms with Gasteiger partial charge in [0.1, 0.15) is 17.4 Å². The molecule has 21 heavy (non-hydrogen) atoms. The summed E-state index contributed by atoms with van der Waals surface area (Å²) in [5, 5.41) is 0. The van der Waals surface area contributed by atoms with Crippen molar-refractivity contribution in [3.63, 3.8) is 0 Å². The molecule has 5 heteroatoms. The molecule has 1 aliphatic heterocycles. The number of likely N-dealkylation sites (tertiary alicyclic amines) is 1. The van der Waals surface area contributed by atoms with E-state index in [2.05, 4.69) is 0 Å². The molecule has 1 aliphatic rings. The van der Waals surface area contributed by atoms with Crippen LogP contribution in [0.15, 0.2) is 24.3 Å². The number of rotatable bonds is 3. The molecule has 1 atom stereocenters. The van der Waals surface area contributed by atoms with Gasteiger partial charge in [-0.1, -0.05) is 12.1 Å². The van der Waals surface area contributed by atoms with Crippen molar-refractivity contribution >= 4 is 11.9 Å². The molecule has 0 radical (unpaired) electrons. The Hall–Kier alpha value is -2.04. The van der Waals surface area contributed by atoms with Crippen LogP contribution in [0.1, 0.15) is 37.6 Å². The molecule has 1 aromatic carbocycles. The van der Waals surface area contributed by atoms with Gasteiger partial charge in [0.15, 0.2) is 5.78 Å². The van der Waals surface area contributed by atoms with Crippen molar-refractivity contribution in [2.75, 3.05) is 13.7 Å². The van der Waals surface area contributed by atoms with Crippen LogP contribution in [-0.4, -0.2) is 42.1 Å². The SMILES string of the molecule is COc1cccc(C(=O)[C@H]2CCN2C(=O)OC(C)(C)C)c1. The van der Waals surface area contributed by atoms with E-state index in [9.17, 15) is 9.59 Å². The zero-order chi connectivity index (χ0) is 15.6. The van der Waals surface area contributed by atoms with E-state index >= 15 is 0 Å². The lowest BCUT2D eigenvalue weighted by Gasteiger charge is -2.40. The molecule has 0 aromatic heterocycles. The molecule has 0 bridgehead atoms. The van der Waals surface area contributed by atoms with Gasteiger partial charge in [-0.15, -0.1) is 0 Å². The van der Waals surface area contributed by atoms with E-state index in [0.29, 0.717) is 24.3 Å². The first-order valence-electron chi connectivity index (χ1n) is 7.00. The second kappa shape index (κ2) is 5.76. The van der Waals surface area contributed by atoms with Crippen molar-refractivity contribution in [3.05, 3.63) is 29.8 Å². The normalized spacial score (nSPS) is 17.9. The lowest BCUT2D eigenvalue weighted by atomic mass is 9.94. The minimum atomic E-state index is -0.559. The Morgan fingerprint density at radius 1 is 1.29 bits per heavy atom. The fraction of sp³-hybridized carbons (Fsp3) is 0.500. The van der Waals surface area contributed by atoms with Crippen molar-refractivity contribution < 1.29 is 19.1 Å². The van der Waals surface area contributed by atoms with E-state index in [1.165, 1.54) is 4.90 Å². The van der Waals surface area contributed by atoms with Gasteiger partial charge in [0.05, 0.1) is 7.11 Å². The third-order valence-corrected chi connectivity index (χ3v) is 3.30. The first-order chi connectivity index (χ1) is 9.81. The first kappa shape index (κ1) is 15.4. The van der Waals surface area contributed by atoms with Crippen LogP contribution < -0.4 is 4.74 Å². The predicted molar refractivity (Wildman–Crippen MR) is 78.7 cm³/mol. The molecule has 1 saturated heterocycles. The van der Waals surface area contributed by atoms with E-state index in [1.807, 2.05) is 20.8 Å². The lowest BCUT2D eigenvalue weighted by Crippen LogP contribution is -2.56. The molecule has 0 saturated carbocycles. The van der Waals surface area contributed by atoms with Gasteiger partial charge in [-0.3, -0.25) is 9.69 Å². The number of Topliss-reactive ketones (excluding diaryl/α,β-unsaturated/α-hetero) is 1. The summed E-state index contributed by atoms with van der Waals surface area (Å²) in [5.41, 5.74) is -0.0106. The van der Waals surface area contributed by atoms with Gasteiger partial charge in [-0.05, 0) is 39.3 Å². The monoisotopic (exact) mass is 291 g/mol. The topological polar surface area (TPSA) is 55.8 Å².